The zero-order chi connectivity index (χ0) is 16.8. The number of hydrogen-bond donors (Lipinski definition) is 1. The van der Waals surface area contributed by atoms with Crippen molar-refractivity contribution in [3.05, 3.63) is 29.3 Å². The Morgan fingerprint density at radius 2 is 2.00 bits per heavy atom. The van der Waals surface area contributed by atoms with Gasteiger partial charge in [0.2, 0.25) is 5.91 Å². The third kappa shape index (κ3) is 5.24. The Morgan fingerprint density at radius 1 is 1.30 bits per heavy atom. The lowest BCUT2D eigenvalue weighted by Crippen LogP contribution is -2.42. The molecule has 2 rings (SSSR count). The second kappa shape index (κ2) is 8.34. The molecule has 1 aliphatic heterocycles. The number of nitrogens with zero attached hydrogens (tertiary/aromatic N) is 1. The first-order valence-electron chi connectivity index (χ1n) is 8.71. The van der Waals surface area contributed by atoms with Crippen molar-refractivity contribution in [3.8, 4) is 5.75 Å². The molecule has 1 heterocycles. The Balaban J connectivity index is 1.66. The topological polar surface area (TPSA) is 55.6 Å². The van der Waals surface area contributed by atoms with Crippen LogP contribution in [0.15, 0.2) is 18.2 Å². The number of benzene rings is 1. The summed E-state index contributed by atoms with van der Waals surface area (Å²) in [5, 5.41) is 0. The highest BCUT2D eigenvalue weighted by Crippen LogP contribution is 2.20. The number of rotatable bonds is 6. The van der Waals surface area contributed by atoms with Crippen LogP contribution in [0.3, 0.4) is 0 Å². The van der Waals surface area contributed by atoms with Crippen molar-refractivity contribution in [1.29, 1.82) is 0 Å². The standard InChI is InChI=1S/C19H30N2O2/c1-14-6-7-18(13-15(14)2)23-12-4-5-19(22)21-10-8-17(9-11-21)16(3)20/h6-7,13,16-17H,4-5,8-12,20H2,1-3H3. The van der Waals surface area contributed by atoms with Gasteiger partial charge in [0.05, 0.1) is 6.61 Å². The maximum atomic E-state index is 12.2. The van der Waals surface area contributed by atoms with Crippen molar-refractivity contribution in [2.75, 3.05) is 19.7 Å². The van der Waals surface area contributed by atoms with Gasteiger partial charge in [-0.15, -0.1) is 0 Å². The molecule has 23 heavy (non-hydrogen) atoms. The molecule has 1 aliphatic rings. The normalized spacial score (nSPS) is 17.1. The lowest BCUT2D eigenvalue weighted by Gasteiger charge is -2.33. The van der Waals surface area contributed by atoms with Crippen LogP contribution in [-0.4, -0.2) is 36.5 Å². The summed E-state index contributed by atoms with van der Waals surface area (Å²) < 4.78 is 5.74. The summed E-state index contributed by atoms with van der Waals surface area (Å²) in [6, 6.07) is 6.34. The molecule has 0 radical (unpaired) electrons. The van der Waals surface area contributed by atoms with Gasteiger partial charge in [-0.2, -0.15) is 0 Å². The van der Waals surface area contributed by atoms with Gasteiger partial charge in [-0.25, -0.2) is 0 Å². The minimum absolute atomic E-state index is 0.235. The number of aryl methyl sites for hydroxylation is 2. The molecule has 0 spiro atoms. The van der Waals surface area contributed by atoms with Crippen LogP contribution in [-0.2, 0) is 4.79 Å². The molecule has 0 saturated carbocycles. The zero-order valence-electron chi connectivity index (χ0n) is 14.7. The summed E-state index contributed by atoms with van der Waals surface area (Å²) >= 11 is 0. The molecule has 1 fully saturated rings. The number of likely N-dealkylation sites (tertiary alicyclic amines) is 1. The van der Waals surface area contributed by atoms with Gasteiger partial charge < -0.3 is 15.4 Å². The monoisotopic (exact) mass is 318 g/mol. The number of nitrogens with two attached hydrogens (primary N) is 1. The highest BCUT2D eigenvalue weighted by Gasteiger charge is 2.24. The van der Waals surface area contributed by atoms with Gasteiger partial charge in [-0.3, -0.25) is 4.79 Å². The number of carbonyl (C=O) groups excluding carboxylic acids is 1. The van der Waals surface area contributed by atoms with Crippen molar-refractivity contribution < 1.29 is 9.53 Å². The van der Waals surface area contributed by atoms with Crippen molar-refractivity contribution in [3.63, 3.8) is 0 Å². The van der Waals surface area contributed by atoms with E-state index in [4.69, 9.17) is 10.5 Å². The zero-order valence-corrected chi connectivity index (χ0v) is 14.7. The quantitative estimate of drug-likeness (QED) is 0.820. The Hall–Kier alpha value is -1.55. The van der Waals surface area contributed by atoms with Gasteiger partial charge in [0.1, 0.15) is 5.75 Å². The smallest absolute Gasteiger partial charge is 0.222 e. The van der Waals surface area contributed by atoms with E-state index in [0.29, 0.717) is 18.9 Å². The minimum Gasteiger partial charge on any atom is -0.494 e. The molecule has 1 aromatic rings. The van der Waals surface area contributed by atoms with Crippen molar-refractivity contribution in [2.24, 2.45) is 11.7 Å². The molecular formula is C19H30N2O2. The first-order chi connectivity index (χ1) is 11.0. The summed E-state index contributed by atoms with van der Waals surface area (Å²) in [5.74, 6) is 1.70. The average Bonchev–Trinajstić information content (AvgIpc) is 2.54. The third-order valence-electron chi connectivity index (χ3n) is 4.92. The highest BCUT2D eigenvalue weighted by atomic mass is 16.5. The van der Waals surface area contributed by atoms with Gasteiger partial charge in [0.25, 0.3) is 0 Å². The maximum absolute atomic E-state index is 12.2. The number of carbonyl (C=O) groups is 1. The summed E-state index contributed by atoms with van der Waals surface area (Å²) in [4.78, 5) is 14.2. The largest absolute Gasteiger partial charge is 0.494 e. The molecule has 0 bridgehead atoms. The fourth-order valence-electron chi connectivity index (χ4n) is 3.05. The van der Waals surface area contributed by atoms with E-state index in [2.05, 4.69) is 32.9 Å². The minimum atomic E-state index is 0.235. The highest BCUT2D eigenvalue weighted by molar-refractivity contribution is 5.76. The Morgan fingerprint density at radius 3 is 2.61 bits per heavy atom. The van der Waals surface area contributed by atoms with Crippen LogP contribution in [0.25, 0.3) is 0 Å². The molecule has 4 nitrogen and oxygen atoms in total. The van der Waals surface area contributed by atoms with Gasteiger partial charge in [-0.05, 0) is 69.2 Å². The summed E-state index contributed by atoms with van der Waals surface area (Å²) in [6.45, 7) is 8.52. The van der Waals surface area contributed by atoms with E-state index in [1.807, 2.05) is 11.0 Å². The molecule has 1 aromatic carbocycles. The van der Waals surface area contributed by atoms with Crippen LogP contribution in [0, 0.1) is 19.8 Å². The summed E-state index contributed by atoms with van der Waals surface area (Å²) in [6.07, 6.45) is 3.39. The Labute approximate surface area is 140 Å². The van der Waals surface area contributed by atoms with Crippen LogP contribution >= 0.6 is 0 Å². The van der Waals surface area contributed by atoms with Gasteiger partial charge in [0.15, 0.2) is 0 Å². The number of piperidine rings is 1. The van der Waals surface area contributed by atoms with Crippen molar-refractivity contribution >= 4 is 5.91 Å². The van der Waals surface area contributed by atoms with E-state index in [-0.39, 0.29) is 11.9 Å². The SMILES string of the molecule is Cc1ccc(OCCCC(=O)N2CCC(C(C)N)CC2)cc1C. The Bertz CT molecular complexity index is 520. The predicted molar refractivity (Wildman–Crippen MR) is 93.6 cm³/mol. The lowest BCUT2D eigenvalue weighted by molar-refractivity contribution is -0.132. The van der Waals surface area contributed by atoms with Crippen molar-refractivity contribution in [2.45, 2.75) is 52.5 Å². The van der Waals surface area contributed by atoms with E-state index in [1.54, 1.807) is 0 Å². The average molecular weight is 318 g/mol. The summed E-state index contributed by atoms with van der Waals surface area (Å²) in [7, 11) is 0. The maximum Gasteiger partial charge on any atom is 0.222 e. The number of amides is 1. The van der Waals surface area contributed by atoms with Crippen LogP contribution in [0.2, 0.25) is 0 Å². The van der Waals surface area contributed by atoms with Crippen molar-refractivity contribution in [1.82, 2.24) is 4.90 Å². The predicted octanol–water partition coefficient (Wildman–Crippen LogP) is 3.05. The summed E-state index contributed by atoms with van der Waals surface area (Å²) in [5.41, 5.74) is 8.44. The van der Waals surface area contributed by atoms with Gasteiger partial charge in [-0.1, -0.05) is 6.07 Å². The van der Waals surface area contributed by atoms with E-state index in [1.165, 1.54) is 11.1 Å². The number of ether oxygens (including phenoxy) is 1. The molecule has 1 amide bonds. The van der Waals surface area contributed by atoms with E-state index >= 15 is 0 Å². The lowest BCUT2D eigenvalue weighted by atomic mass is 9.91. The second-order valence-electron chi connectivity index (χ2n) is 6.78. The molecule has 1 saturated heterocycles. The molecule has 1 unspecified atom stereocenters. The molecule has 0 aliphatic carbocycles. The molecule has 2 N–H and O–H groups in total. The second-order valence-corrected chi connectivity index (χ2v) is 6.78. The van der Waals surface area contributed by atoms with Crippen LogP contribution in [0.5, 0.6) is 5.75 Å². The van der Waals surface area contributed by atoms with Gasteiger partial charge >= 0.3 is 0 Å². The Kier molecular flexibility index (Phi) is 6.46. The first kappa shape index (κ1) is 17.8. The molecule has 128 valence electrons. The fourth-order valence-corrected chi connectivity index (χ4v) is 3.05. The number of hydrogen-bond acceptors (Lipinski definition) is 3. The first-order valence-corrected chi connectivity index (χ1v) is 8.71. The fraction of sp³-hybridized carbons (Fsp3) is 0.632. The molecular weight excluding hydrogens is 288 g/mol. The van der Waals surface area contributed by atoms with E-state index in [0.717, 1.165) is 38.1 Å². The van der Waals surface area contributed by atoms with Crippen LogP contribution < -0.4 is 10.5 Å². The molecule has 1 atom stereocenters. The van der Waals surface area contributed by atoms with Crippen LogP contribution in [0.4, 0.5) is 0 Å². The van der Waals surface area contributed by atoms with Crippen LogP contribution in [0.1, 0.15) is 43.7 Å². The van der Waals surface area contributed by atoms with E-state index in [9.17, 15) is 4.79 Å². The van der Waals surface area contributed by atoms with Gasteiger partial charge in [0, 0.05) is 25.6 Å². The van der Waals surface area contributed by atoms with E-state index < -0.39 is 0 Å². The molecule has 4 heteroatoms. The third-order valence-corrected chi connectivity index (χ3v) is 4.92. The molecule has 0 aromatic heterocycles.